The third-order valence-electron chi connectivity index (χ3n) is 5.85. The molecule has 2 N–H and O–H groups in total. The molecule has 146 valence electrons. The van der Waals surface area contributed by atoms with Crippen molar-refractivity contribution in [3.8, 4) is 0 Å². The van der Waals surface area contributed by atoms with Crippen LogP contribution < -0.4 is 5.32 Å². The molecule has 1 aliphatic carbocycles. The van der Waals surface area contributed by atoms with Gasteiger partial charge < -0.3 is 15.3 Å². The number of hydrogen-bond acceptors (Lipinski definition) is 3. The number of carboxylic acids is 1. The number of amides is 2. The van der Waals surface area contributed by atoms with Gasteiger partial charge in [-0.2, -0.15) is 0 Å². The van der Waals surface area contributed by atoms with Crippen LogP contribution in [0.25, 0.3) is 0 Å². The molecule has 2 amide bonds. The smallest absolute Gasteiger partial charge is 0.308 e. The number of carboxylic acid groups (broad SMARTS) is 1. The minimum absolute atomic E-state index is 0.0561. The molecule has 1 aromatic rings. The van der Waals surface area contributed by atoms with E-state index >= 15 is 0 Å². The van der Waals surface area contributed by atoms with Gasteiger partial charge in [0, 0.05) is 25.4 Å². The van der Waals surface area contributed by atoms with Crippen LogP contribution in [0.2, 0.25) is 0 Å². The molecule has 1 saturated carbocycles. The lowest BCUT2D eigenvalue weighted by Gasteiger charge is -2.21. The summed E-state index contributed by atoms with van der Waals surface area (Å²) >= 11 is 0. The van der Waals surface area contributed by atoms with Gasteiger partial charge in [-0.25, -0.2) is 0 Å². The van der Waals surface area contributed by atoms with E-state index < -0.39 is 11.9 Å². The van der Waals surface area contributed by atoms with E-state index in [1.807, 2.05) is 30.3 Å². The zero-order valence-electron chi connectivity index (χ0n) is 15.6. The molecule has 1 aliphatic heterocycles. The number of carbonyl (C=O) groups is 3. The van der Waals surface area contributed by atoms with E-state index in [9.17, 15) is 19.5 Å². The van der Waals surface area contributed by atoms with E-state index in [0.29, 0.717) is 18.9 Å². The summed E-state index contributed by atoms with van der Waals surface area (Å²) in [4.78, 5) is 37.8. The Balaban J connectivity index is 1.52. The van der Waals surface area contributed by atoms with Gasteiger partial charge in [-0.05, 0) is 24.3 Å². The van der Waals surface area contributed by atoms with Crippen molar-refractivity contribution in [2.24, 2.45) is 11.8 Å². The maximum Gasteiger partial charge on any atom is 0.308 e. The normalized spacial score (nSPS) is 23.2. The SMILES string of the molecule is O=C(CC1CCCCC1)NCC(=O)N1C[C@H](c2ccccc2)[C@H](C(=O)O)C1. The summed E-state index contributed by atoms with van der Waals surface area (Å²) in [7, 11) is 0. The summed E-state index contributed by atoms with van der Waals surface area (Å²) < 4.78 is 0. The van der Waals surface area contributed by atoms with E-state index in [2.05, 4.69) is 5.32 Å². The fourth-order valence-electron chi connectivity index (χ4n) is 4.31. The summed E-state index contributed by atoms with van der Waals surface area (Å²) in [6.45, 7) is 0.504. The van der Waals surface area contributed by atoms with Gasteiger partial charge in [0.1, 0.15) is 0 Å². The van der Waals surface area contributed by atoms with Crippen LogP contribution in [-0.2, 0) is 14.4 Å². The minimum Gasteiger partial charge on any atom is -0.481 e. The van der Waals surface area contributed by atoms with Gasteiger partial charge in [0.05, 0.1) is 12.5 Å². The highest BCUT2D eigenvalue weighted by atomic mass is 16.4. The molecule has 2 atom stereocenters. The molecule has 2 fully saturated rings. The van der Waals surface area contributed by atoms with Gasteiger partial charge in [0.15, 0.2) is 0 Å². The molecule has 6 nitrogen and oxygen atoms in total. The summed E-state index contributed by atoms with van der Waals surface area (Å²) in [5.74, 6) is -1.58. The first-order valence-electron chi connectivity index (χ1n) is 9.87. The van der Waals surface area contributed by atoms with Crippen LogP contribution >= 0.6 is 0 Å². The molecular weight excluding hydrogens is 344 g/mol. The van der Waals surface area contributed by atoms with E-state index in [0.717, 1.165) is 18.4 Å². The van der Waals surface area contributed by atoms with Gasteiger partial charge in [-0.1, -0.05) is 49.6 Å². The topological polar surface area (TPSA) is 86.7 Å². The monoisotopic (exact) mass is 372 g/mol. The minimum atomic E-state index is -0.888. The van der Waals surface area contributed by atoms with Crippen molar-refractivity contribution in [2.75, 3.05) is 19.6 Å². The highest BCUT2D eigenvalue weighted by Gasteiger charge is 2.40. The first kappa shape index (κ1) is 19.4. The Kier molecular flexibility index (Phi) is 6.48. The van der Waals surface area contributed by atoms with Crippen LogP contribution in [-0.4, -0.2) is 47.4 Å². The molecule has 3 rings (SSSR count). The predicted molar refractivity (Wildman–Crippen MR) is 101 cm³/mol. The molecule has 0 unspecified atom stereocenters. The lowest BCUT2D eigenvalue weighted by molar-refractivity contribution is -0.142. The van der Waals surface area contributed by atoms with Crippen LogP contribution in [0.4, 0.5) is 0 Å². The molecule has 1 saturated heterocycles. The molecule has 0 bridgehead atoms. The Labute approximate surface area is 159 Å². The molecule has 1 aromatic carbocycles. The maximum atomic E-state index is 12.5. The van der Waals surface area contributed by atoms with Crippen molar-refractivity contribution in [3.05, 3.63) is 35.9 Å². The van der Waals surface area contributed by atoms with Crippen molar-refractivity contribution in [1.29, 1.82) is 0 Å². The van der Waals surface area contributed by atoms with E-state index in [1.54, 1.807) is 4.90 Å². The average molecular weight is 372 g/mol. The number of nitrogens with one attached hydrogen (secondary N) is 1. The zero-order chi connectivity index (χ0) is 19.2. The molecule has 27 heavy (non-hydrogen) atoms. The van der Waals surface area contributed by atoms with Gasteiger partial charge in [0.25, 0.3) is 0 Å². The van der Waals surface area contributed by atoms with Gasteiger partial charge in [-0.3, -0.25) is 14.4 Å². The zero-order valence-corrected chi connectivity index (χ0v) is 15.6. The lowest BCUT2D eigenvalue weighted by Crippen LogP contribution is -2.40. The quantitative estimate of drug-likeness (QED) is 0.803. The second-order valence-electron chi connectivity index (χ2n) is 7.75. The fourth-order valence-corrected chi connectivity index (χ4v) is 4.31. The Morgan fingerprint density at radius 3 is 2.41 bits per heavy atom. The van der Waals surface area contributed by atoms with Crippen LogP contribution in [0.1, 0.15) is 50.0 Å². The lowest BCUT2D eigenvalue weighted by atomic mass is 9.87. The van der Waals surface area contributed by atoms with Gasteiger partial charge >= 0.3 is 5.97 Å². The maximum absolute atomic E-state index is 12.5. The number of aliphatic carboxylic acids is 1. The largest absolute Gasteiger partial charge is 0.481 e. The molecule has 0 aromatic heterocycles. The second-order valence-corrected chi connectivity index (χ2v) is 7.75. The van der Waals surface area contributed by atoms with Crippen LogP contribution in [0.5, 0.6) is 0 Å². The highest BCUT2D eigenvalue weighted by Crippen LogP contribution is 2.33. The van der Waals surface area contributed by atoms with Gasteiger partial charge in [-0.15, -0.1) is 0 Å². The van der Waals surface area contributed by atoms with Crippen molar-refractivity contribution in [2.45, 2.75) is 44.4 Å². The first-order chi connectivity index (χ1) is 13.0. The third kappa shape index (κ3) is 5.08. The number of carbonyl (C=O) groups excluding carboxylic acids is 2. The summed E-state index contributed by atoms with van der Waals surface area (Å²) in [5.41, 5.74) is 0.932. The number of benzene rings is 1. The highest BCUT2D eigenvalue weighted by molar-refractivity contribution is 5.86. The van der Waals surface area contributed by atoms with Crippen LogP contribution in [0.15, 0.2) is 30.3 Å². The number of rotatable bonds is 6. The molecule has 6 heteroatoms. The Morgan fingerprint density at radius 1 is 1.04 bits per heavy atom. The second kappa shape index (κ2) is 9.02. The number of hydrogen-bond donors (Lipinski definition) is 2. The molecule has 2 aliphatic rings. The van der Waals surface area contributed by atoms with Crippen molar-refractivity contribution < 1.29 is 19.5 Å². The van der Waals surface area contributed by atoms with Gasteiger partial charge in [0.2, 0.25) is 11.8 Å². The van der Waals surface area contributed by atoms with Crippen molar-refractivity contribution in [3.63, 3.8) is 0 Å². The molecule has 0 spiro atoms. The summed E-state index contributed by atoms with van der Waals surface area (Å²) in [6.07, 6.45) is 6.28. The Morgan fingerprint density at radius 2 is 1.74 bits per heavy atom. The molecular formula is C21H28N2O4. The van der Waals surface area contributed by atoms with E-state index in [4.69, 9.17) is 0 Å². The first-order valence-corrected chi connectivity index (χ1v) is 9.87. The number of likely N-dealkylation sites (tertiary alicyclic amines) is 1. The van der Waals surface area contributed by atoms with Crippen molar-refractivity contribution in [1.82, 2.24) is 10.2 Å². The van der Waals surface area contributed by atoms with E-state index in [1.165, 1.54) is 19.3 Å². The molecule has 0 radical (unpaired) electrons. The number of nitrogens with zero attached hydrogens (tertiary/aromatic N) is 1. The fraction of sp³-hybridized carbons (Fsp3) is 0.571. The Bertz CT molecular complexity index is 670. The molecule has 1 heterocycles. The van der Waals surface area contributed by atoms with Crippen LogP contribution in [0, 0.1) is 11.8 Å². The average Bonchev–Trinajstić information content (AvgIpc) is 3.13. The summed E-state index contributed by atoms with van der Waals surface area (Å²) in [5, 5.41) is 12.3. The third-order valence-corrected chi connectivity index (χ3v) is 5.85. The van der Waals surface area contributed by atoms with Crippen molar-refractivity contribution >= 4 is 17.8 Å². The predicted octanol–water partition coefficient (Wildman–Crippen LogP) is 2.40. The van der Waals surface area contributed by atoms with E-state index in [-0.39, 0.29) is 30.8 Å². The Hall–Kier alpha value is -2.37. The summed E-state index contributed by atoms with van der Waals surface area (Å²) in [6, 6.07) is 9.45. The standard InChI is InChI=1S/C21H28N2O4/c24-19(11-15-7-3-1-4-8-15)22-12-20(25)23-13-17(18(14-23)21(26)27)16-9-5-2-6-10-16/h2,5-6,9-10,15,17-18H,1,3-4,7-8,11-14H2,(H,22,24)(H,26,27)/t17-,18-/m1/s1. The van der Waals surface area contributed by atoms with Crippen LogP contribution in [0.3, 0.4) is 0 Å².